The summed E-state index contributed by atoms with van der Waals surface area (Å²) < 4.78 is 0. The molecular formula is C30H48O7. The summed E-state index contributed by atoms with van der Waals surface area (Å²) in [6.45, 7) is 14.6. The molecule has 0 aromatic carbocycles. The molecule has 0 bridgehead atoms. The van der Waals surface area contributed by atoms with Crippen LogP contribution in [0.3, 0.4) is 0 Å². The van der Waals surface area contributed by atoms with Gasteiger partial charge in [-0.2, -0.15) is 0 Å². The van der Waals surface area contributed by atoms with E-state index in [1.807, 2.05) is 27.7 Å². The van der Waals surface area contributed by atoms with Crippen LogP contribution in [-0.4, -0.2) is 66.6 Å². The van der Waals surface area contributed by atoms with Crippen LogP contribution in [-0.2, 0) is 9.59 Å². The number of hydrogen-bond acceptors (Lipinski definition) is 7. The monoisotopic (exact) mass is 520 g/mol. The topological polar surface area (TPSA) is 135 Å². The van der Waals surface area contributed by atoms with E-state index < -0.39 is 62.9 Å². The van der Waals surface area contributed by atoms with E-state index in [9.17, 15) is 35.1 Å². The molecule has 7 heteroatoms. The fourth-order valence-corrected chi connectivity index (χ4v) is 9.40. The van der Waals surface area contributed by atoms with Crippen molar-refractivity contribution in [1.29, 1.82) is 0 Å². The highest BCUT2D eigenvalue weighted by Gasteiger charge is 2.74. The first-order valence-corrected chi connectivity index (χ1v) is 13.9. The molecular weight excluding hydrogens is 472 g/mol. The lowest BCUT2D eigenvalue weighted by atomic mass is 9.38. The number of carbonyl (C=O) groups excluding carboxylic acids is 2. The maximum absolute atomic E-state index is 14.2. The van der Waals surface area contributed by atoms with Crippen LogP contribution in [0.1, 0.15) is 93.9 Å². The molecule has 7 nitrogen and oxygen atoms in total. The predicted molar refractivity (Wildman–Crippen MR) is 139 cm³/mol. The summed E-state index contributed by atoms with van der Waals surface area (Å²) in [5, 5.41) is 54.8. The molecule has 4 aliphatic carbocycles. The van der Waals surface area contributed by atoms with Gasteiger partial charge in [0, 0.05) is 29.6 Å². The highest BCUT2D eigenvalue weighted by molar-refractivity contribution is 5.90. The minimum absolute atomic E-state index is 0.0227. The molecule has 0 aliphatic heterocycles. The molecule has 3 fully saturated rings. The molecule has 5 N–H and O–H groups in total. The van der Waals surface area contributed by atoms with Crippen molar-refractivity contribution in [3.63, 3.8) is 0 Å². The Balaban J connectivity index is 1.76. The van der Waals surface area contributed by atoms with Crippen molar-refractivity contribution in [2.24, 2.45) is 39.4 Å². The maximum atomic E-state index is 14.2. The lowest BCUT2D eigenvalue weighted by molar-refractivity contribution is -0.188. The van der Waals surface area contributed by atoms with E-state index in [-0.39, 0.29) is 36.9 Å². The van der Waals surface area contributed by atoms with Crippen LogP contribution in [0.4, 0.5) is 0 Å². The number of carbonyl (C=O) groups is 2. The van der Waals surface area contributed by atoms with Gasteiger partial charge in [-0.15, -0.1) is 0 Å². The van der Waals surface area contributed by atoms with Gasteiger partial charge in [-0.1, -0.05) is 46.3 Å². The van der Waals surface area contributed by atoms with E-state index in [2.05, 4.69) is 13.0 Å². The molecule has 0 saturated heterocycles. The Bertz CT molecular complexity index is 1010. The number of Topliss-reactive ketones (excluding diaryl/α,β-unsaturated/α-hetero) is 2. The summed E-state index contributed by atoms with van der Waals surface area (Å²) >= 11 is 0. The smallest absolute Gasteiger partial charge is 0.164 e. The molecule has 0 radical (unpaired) electrons. The van der Waals surface area contributed by atoms with Crippen LogP contribution < -0.4 is 0 Å². The molecule has 4 rings (SSSR count). The molecule has 210 valence electrons. The van der Waals surface area contributed by atoms with Gasteiger partial charge < -0.3 is 25.5 Å². The molecule has 10 atom stereocenters. The van der Waals surface area contributed by atoms with Gasteiger partial charge in [-0.3, -0.25) is 9.59 Å². The Morgan fingerprint density at radius 1 is 1.00 bits per heavy atom. The highest BCUT2D eigenvalue weighted by Crippen LogP contribution is 2.74. The van der Waals surface area contributed by atoms with E-state index in [0.29, 0.717) is 19.3 Å². The van der Waals surface area contributed by atoms with Gasteiger partial charge >= 0.3 is 0 Å². The molecule has 0 aromatic heterocycles. The Labute approximate surface area is 221 Å². The number of allylic oxidation sites excluding steroid dienone is 1. The van der Waals surface area contributed by atoms with Gasteiger partial charge in [-0.05, 0) is 69.1 Å². The van der Waals surface area contributed by atoms with Gasteiger partial charge in [-0.25, -0.2) is 0 Å². The summed E-state index contributed by atoms with van der Waals surface area (Å²) in [6.07, 6.45) is 0.895. The van der Waals surface area contributed by atoms with Crippen LogP contribution in [0, 0.1) is 39.4 Å². The second kappa shape index (κ2) is 8.44. The fraction of sp³-hybridized carbons (Fsp3) is 0.867. The molecule has 0 aromatic rings. The Kier molecular flexibility index (Phi) is 6.59. The van der Waals surface area contributed by atoms with Crippen molar-refractivity contribution in [3.05, 3.63) is 11.6 Å². The fourth-order valence-electron chi connectivity index (χ4n) is 9.40. The minimum Gasteiger partial charge on any atom is -0.393 e. The first-order chi connectivity index (χ1) is 16.7. The zero-order chi connectivity index (χ0) is 28.1. The summed E-state index contributed by atoms with van der Waals surface area (Å²) in [6, 6.07) is 0. The van der Waals surface area contributed by atoms with Crippen molar-refractivity contribution in [2.45, 2.75) is 123 Å². The van der Waals surface area contributed by atoms with E-state index in [1.165, 1.54) is 6.92 Å². The molecule has 37 heavy (non-hydrogen) atoms. The molecule has 4 aliphatic rings. The number of aliphatic hydroxyl groups excluding tert-OH is 3. The van der Waals surface area contributed by atoms with E-state index in [4.69, 9.17) is 0 Å². The lowest BCUT2D eigenvalue weighted by Gasteiger charge is -2.65. The molecule has 0 unspecified atom stereocenters. The Hall–Kier alpha value is -1.12. The van der Waals surface area contributed by atoms with Gasteiger partial charge in [0.25, 0.3) is 0 Å². The van der Waals surface area contributed by atoms with Crippen LogP contribution in [0.25, 0.3) is 0 Å². The summed E-state index contributed by atoms with van der Waals surface area (Å²) in [5.41, 5.74) is -4.71. The quantitative estimate of drug-likeness (QED) is 0.352. The van der Waals surface area contributed by atoms with Crippen LogP contribution >= 0.6 is 0 Å². The van der Waals surface area contributed by atoms with Gasteiger partial charge in [0.2, 0.25) is 0 Å². The zero-order valence-corrected chi connectivity index (χ0v) is 23.8. The third-order valence-corrected chi connectivity index (χ3v) is 11.8. The first kappa shape index (κ1) is 28.9. The Morgan fingerprint density at radius 3 is 2.16 bits per heavy atom. The van der Waals surface area contributed by atoms with Crippen molar-refractivity contribution in [1.82, 2.24) is 0 Å². The number of rotatable bonds is 5. The Morgan fingerprint density at radius 2 is 1.59 bits per heavy atom. The number of fused-ring (bicyclic) bond motifs is 5. The molecule has 0 heterocycles. The standard InChI is InChI=1S/C30H48O7/c1-25(2,36)12-11-21(33)30(8,37)23-19(32)14-27(5)20-10-9-16-17(13-18(31)24(35)26(16,3)4)29(20,7)22(34)15-28(23,27)6/h9,17-20,23-24,31-32,35-37H,10-15H2,1-8H3/t17-,18-,19-,20+,23+,24-,27+,28-,29+,30-/m1/s1. The molecule has 0 spiro atoms. The molecule has 0 amide bonds. The third kappa shape index (κ3) is 3.86. The maximum Gasteiger partial charge on any atom is 0.164 e. The average Bonchev–Trinajstić information content (AvgIpc) is 2.96. The minimum atomic E-state index is -1.85. The lowest BCUT2D eigenvalue weighted by Crippen LogP contribution is -2.65. The SMILES string of the molecule is CC(C)(O)CCC(=O)[C@@](C)(O)[C@H]1[C@H](O)C[C@@]2(C)[C@@H]3CC=C4[C@@H](C[C@@H](O)[C@@H](O)C4(C)C)[C@]3(C)C(=O)C[C@]12C. The first-order valence-electron chi connectivity index (χ1n) is 13.9. The second-order valence-corrected chi connectivity index (χ2v) is 14.8. The summed E-state index contributed by atoms with van der Waals surface area (Å²) in [7, 11) is 0. The van der Waals surface area contributed by atoms with Crippen molar-refractivity contribution < 1.29 is 35.1 Å². The normalized spacial score (nSPS) is 46.8. The second-order valence-electron chi connectivity index (χ2n) is 14.8. The van der Waals surface area contributed by atoms with Gasteiger partial charge in [0.1, 0.15) is 11.4 Å². The molecule has 3 saturated carbocycles. The number of aliphatic hydroxyl groups is 5. The zero-order valence-electron chi connectivity index (χ0n) is 23.8. The third-order valence-electron chi connectivity index (χ3n) is 11.8. The van der Waals surface area contributed by atoms with E-state index in [1.54, 1.807) is 13.8 Å². The van der Waals surface area contributed by atoms with Gasteiger partial charge in [0.05, 0.1) is 23.9 Å². The number of ketones is 2. The summed E-state index contributed by atoms with van der Waals surface area (Å²) in [5.74, 6) is -1.60. The largest absolute Gasteiger partial charge is 0.393 e. The summed E-state index contributed by atoms with van der Waals surface area (Å²) in [4.78, 5) is 27.5. The van der Waals surface area contributed by atoms with Crippen LogP contribution in [0.15, 0.2) is 11.6 Å². The average molecular weight is 521 g/mol. The van der Waals surface area contributed by atoms with Gasteiger partial charge in [0.15, 0.2) is 5.78 Å². The van der Waals surface area contributed by atoms with Crippen molar-refractivity contribution in [2.75, 3.05) is 0 Å². The van der Waals surface area contributed by atoms with Crippen molar-refractivity contribution >= 4 is 11.6 Å². The van der Waals surface area contributed by atoms with Crippen LogP contribution in [0.2, 0.25) is 0 Å². The van der Waals surface area contributed by atoms with E-state index >= 15 is 0 Å². The van der Waals surface area contributed by atoms with Crippen LogP contribution in [0.5, 0.6) is 0 Å². The predicted octanol–water partition coefficient (Wildman–Crippen LogP) is 2.94. The van der Waals surface area contributed by atoms with Crippen molar-refractivity contribution in [3.8, 4) is 0 Å². The highest BCUT2D eigenvalue weighted by atomic mass is 16.3. The number of hydrogen-bond donors (Lipinski definition) is 5. The van der Waals surface area contributed by atoms with E-state index in [0.717, 1.165) is 5.57 Å².